The zero-order valence-electron chi connectivity index (χ0n) is 21.6. The number of nitrogens with zero attached hydrogens (tertiary/aromatic N) is 1. The van der Waals surface area contributed by atoms with Crippen LogP contribution >= 0.6 is 11.6 Å². The molecule has 0 aliphatic heterocycles. The fourth-order valence-corrected chi connectivity index (χ4v) is 4.44. The second kappa shape index (κ2) is 11.5. The molecule has 0 aliphatic rings. The van der Waals surface area contributed by atoms with Crippen LogP contribution < -0.4 is 10.1 Å². The van der Waals surface area contributed by atoms with Crippen molar-refractivity contribution in [2.45, 2.75) is 13.8 Å². The summed E-state index contributed by atoms with van der Waals surface area (Å²) < 4.78 is 5.91. The molecule has 0 radical (unpaired) electrons. The molecule has 0 aliphatic carbocycles. The predicted octanol–water partition coefficient (Wildman–Crippen LogP) is 8.07. The van der Waals surface area contributed by atoms with Crippen molar-refractivity contribution in [2.75, 3.05) is 11.9 Å². The molecule has 6 heteroatoms. The molecule has 0 spiro atoms. The third-order valence-electron chi connectivity index (χ3n) is 6.18. The van der Waals surface area contributed by atoms with Gasteiger partial charge in [0.25, 0.3) is 5.91 Å². The van der Waals surface area contributed by atoms with Crippen molar-refractivity contribution in [3.63, 3.8) is 0 Å². The van der Waals surface area contributed by atoms with E-state index < -0.39 is 0 Å². The van der Waals surface area contributed by atoms with Crippen molar-refractivity contribution in [1.29, 1.82) is 0 Å². The van der Waals surface area contributed by atoms with Crippen molar-refractivity contribution in [2.24, 2.45) is 5.92 Å². The van der Waals surface area contributed by atoms with Crippen molar-refractivity contribution < 1.29 is 14.3 Å². The molecule has 0 atom stereocenters. The lowest BCUT2D eigenvalue weighted by Crippen LogP contribution is -2.16. The summed E-state index contributed by atoms with van der Waals surface area (Å²) in [7, 11) is 0. The van der Waals surface area contributed by atoms with E-state index in [9.17, 15) is 9.59 Å². The molecule has 1 heterocycles. The highest BCUT2D eigenvalue weighted by Crippen LogP contribution is 2.29. The Balaban J connectivity index is 1.53. The maximum absolute atomic E-state index is 13.7. The second-order valence-corrected chi connectivity index (χ2v) is 10.1. The van der Waals surface area contributed by atoms with Crippen LogP contribution in [0.4, 0.5) is 5.69 Å². The van der Waals surface area contributed by atoms with Gasteiger partial charge in [0.15, 0.2) is 5.78 Å². The summed E-state index contributed by atoms with van der Waals surface area (Å²) in [5, 5.41) is 4.06. The number of aromatic nitrogens is 1. The number of para-hydroxylation sites is 1. The van der Waals surface area contributed by atoms with E-state index in [1.54, 1.807) is 48.5 Å². The molecule has 0 bridgehead atoms. The summed E-state index contributed by atoms with van der Waals surface area (Å²) in [6.45, 7) is 4.80. The van der Waals surface area contributed by atoms with Crippen LogP contribution in [-0.2, 0) is 0 Å². The largest absolute Gasteiger partial charge is 0.493 e. The van der Waals surface area contributed by atoms with Crippen molar-refractivity contribution >= 4 is 39.9 Å². The number of halogens is 1. The van der Waals surface area contributed by atoms with Gasteiger partial charge in [-0.25, -0.2) is 4.98 Å². The van der Waals surface area contributed by atoms with Crippen LogP contribution in [0.2, 0.25) is 5.02 Å². The first-order chi connectivity index (χ1) is 18.9. The monoisotopic (exact) mass is 534 g/mol. The topological polar surface area (TPSA) is 68.3 Å². The first-order valence-electron chi connectivity index (χ1n) is 12.7. The minimum Gasteiger partial charge on any atom is -0.493 e. The average molecular weight is 535 g/mol. The van der Waals surface area contributed by atoms with Crippen LogP contribution in [-0.4, -0.2) is 23.3 Å². The van der Waals surface area contributed by atoms with Gasteiger partial charge in [0.2, 0.25) is 0 Å². The molecule has 4 aromatic carbocycles. The van der Waals surface area contributed by atoms with E-state index in [1.165, 1.54) is 0 Å². The van der Waals surface area contributed by atoms with E-state index in [0.29, 0.717) is 56.5 Å². The number of pyridine rings is 1. The zero-order chi connectivity index (χ0) is 27.4. The van der Waals surface area contributed by atoms with E-state index in [2.05, 4.69) is 19.2 Å². The molecule has 0 saturated carbocycles. The van der Waals surface area contributed by atoms with Crippen LogP contribution in [0.5, 0.6) is 5.75 Å². The molecule has 1 N–H and O–H groups in total. The molecular formula is C33H27ClN2O3. The number of hydrogen-bond donors (Lipinski definition) is 1. The van der Waals surface area contributed by atoms with Crippen molar-refractivity contribution in [3.8, 4) is 17.0 Å². The lowest BCUT2D eigenvalue weighted by molar-refractivity contribution is 0.102. The lowest BCUT2D eigenvalue weighted by atomic mass is 10.0. The van der Waals surface area contributed by atoms with E-state index in [0.717, 1.165) is 11.3 Å². The second-order valence-electron chi connectivity index (χ2n) is 9.64. The zero-order valence-corrected chi connectivity index (χ0v) is 22.4. The molecule has 194 valence electrons. The van der Waals surface area contributed by atoms with Crippen molar-refractivity contribution in [1.82, 2.24) is 4.98 Å². The van der Waals surface area contributed by atoms with E-state index in [4.69, 9.17) is 21.3 Å². The smallest absolute Gasteiger partial charge is 0.256 e. The maximum Gasteiger partial charge on any atom is 0.256 e. The first kappa shape index (κ1) is 26.1. The fourth-order valence-electron chi connectivity index (χ4n) is 4.27. The number of rotatable bonds is 8. The molecule has 5 nitrogen and oxygen atoms in total. The Morgan fingerprint density at radius 1 is 0.846 bits per heavy atom. The number of amides is 1. The van der Waals surface area contributed by atoms with E-state index >= 15 is 0 Å². The van der Waals surface area contributed by atoms with E-state index in [-0.39, 0.29) is 11.7 Å². The van der Waals surface area contributed by atoms with Crippen LogP contribution in [0.3, 0.4) is 0 Å². The molecule has 5 aromatic rings. The average Bonchev–Trinajstić information content (AvgIpc) is 2.96. The number of benzene rings is 4. The number of anilines is 1. The van der Waals surface area contributed by atoms with Gasteiger partial charge in [-0.15, -0.1) is 0 Å². The van der Waals surface area contributed by atoms with Gasteiger partial charge in [0.05, 0.1) is 29.1 Å². The molecule has 1 aromatic heterocycles. The lowest BCUT2D eigenvalue weighted by Gasteiger charge is -2.14. The number of carbonyl (C=O) groups is 2. The minimum atomic E-state index is -0.355. The molecule has 0 fully saturated rings. The fraction of sp³-hybridized carbons (Fsp3) is 0.121. The highest BCUT2D eigenvalue weighted by molar-refractivity contribution is 6.31. The Kier molecular flexibility index (Phi) is 7.71. The molecule has 5 rings (SSSR count). The first-order valence-corrected chi connectivity index (χ1v) is 13.1. The quantitative estimate of drug-likeness (QED) is 0.204. The van der Waals surface area contributed by atoms with Gasteiger partial charge in [-0.1, -0.05) is 86.1 Å². The summed E-state index contributed by atoms with van der Waals surface area (Å²) >= 11 is 6.24. The number of fused-ring (bicyclic) bond motifs is 1. The minimum absolute atomic E-state index is 0.230. The Morgan fingerprint density at radius 2 is 1.62 bits per heavy atom. The summed E-state index contributed by atoms with van der Waals surface area (Å²) in [4.78, 5) is 31.9. The Morgan fingerprint density at radius 3 is 2.41 bits per heavy atom. The number of ketones is 1. The number of hydrogen-bond acceptors (Lipinski definition) is 4. The van der Waals surface area contributed by atoms with Gasteiger partial charge in [-0.05, 0) is 48.4 Å². The normalized spacial score (nSPS) is 11.0. The predicted molar refractivity (Wildman–Crippen MR) is 157 cm³/mol. The third kappa shape index (κ3) is 6.00. The summed E-state index contributed by atoms with van der Waals surface area (Å²) in [5.74, 6) is 0.556. The van der Waals surface area contributed by atoms with Gasteiger partial charge < -0.3 is 10.1 Å². The summed E-state index contributed by atoms with van der Waals surface area (Å²) in [6.07, 6.45) is 0. The van der Waals surface area contributed by atoms with Gasteiger partial charge in [-0.2, -0.15) is 0 Å². The Labute approximate surface area is 232 Å². The number of nitrogens with one attached hydrogen (secondary N) is 1. The van der Waals surface area contributed by atoms with Crippen molar-refractivity contribution in [3.05, 3.63) is 125 Å². The molecule has 1 amide bonds. The summed E-state index contributed by atoms with van der Waals surface area (Å²) in [6, 6.07) is 30.7. The molecule has 0 unspecified atom stereocenters. The standard InChI is InChI=1S/C33H27ClN2O3/c1-21(2)20-39-25-12-8-11-23(17-25)31-19-27(26-13-6-7-14-29(26)35-31)33(38)36-30-16-15-24(34)18-28(30)32(37)22-9-4-3-5-10-22/h3-19,21H,20H2,1-2H3,(H,36,38). The Hall–Kier alpha value is -4.48. The van der Waals surface area contributed by atoms with Crippen LogP contribution in [0, 0.1) is 5.92 Å². The van der Waals surface area contributed by atoms with Crippen LogP contribution in [0.15, 0.2) is 103 Å². The van der Waals surface area contributed by atoms with E-state index in [1.807, 2.05) is 54.6 Å². The maximum atomic E-state index is 13.7. The highest BCUT2D eigenvalue weighted by atomic mass is 35.5. The van der Waals surface area contributed by atoms with Crippen LogP contribution in [0.25, 0.3) is 22.2 Å². The number of carbonyl (C=O) groups excluding carboxylic acids is 2. The number of ether oxygens (including phenoxy) is 1. The third-order valence-corrected chi connectivity index (χ3v) is 6.42. The Bertz CT molecular complexity index is 1670. The van der Waals surface area contributed by atoms with Gasteiger partial charge >= 0.3 is 0 Å². The molecule has 0 saturated heterocycles. The summed E-state index contributed by atoms with van der Waals surface area (Å²) in [5.41, 5.74) is 3.81. The van der Waals surface area contributed by atoms with Crippen LogP contribution in [0.1, 0.15) is 40.1 Å². The van der Waals surface area contributed by atoms with Gasteiger partial charge in [-0.3, -0.25) is 9.59 Å². The van der Waals surface area contributed by atoms with Gasteiger partial charge in [0, 0.05) is 27.1 Å². The SMILES string of the molecule is CC(C)COc1cccc(-c2cc(C(=O)Nc3ccc(Cl)cc3C(=O)c3ccccc3)c3ccccc3n2)c1. The van der Waals surface area contributed by atoms with Gasteiger partial charge in [0.1, 0.15) is 5.75 Å². The highest BCUT2D eigenvalue weighted by Gasteiger charge is 2.19. The molecular weight excluding hydrogens is 508 g/mol. The molecule has 39 heavy (non-hydrogen) atoms.